The van der Waals surface area contributed by atoms with Gasteiger partial charge in [-0.2, -0.15) is 0 Å². The highest BCUT2D eigenvalue weighted by Gasteiger charge is 2.24. The molecule has 0 aliphatic heterocycles. The Morgan fingerprint density at radius 2 is 1.78 bits per heavy atom. The second-order valence-corrected chi connectivity index (χ2v) is 2.92. The minimum absolute atomic E-state index is 1.08. The van der Waals surface area contributed by atoms with E-state index < -0.39 is 18.9 Å². The van der Waals surface area contributed by atoms with Gasteiger partial charge in [-0.3, -0.25) is 4.57 Å². The molecule has 0 saturated heterocycles. The van der Waals surface area contributed by atoms with E-state index in [2.05, 4.69) is 6.58 Å². The molecule has 0 amide bonds. The Kier molecular flexibility index (Phi) is 2.14. The van der Waals surface area contributed by atoms with E-state index in [1.165, 1.54) is 0 Å². The number of aliphatic carboxylic acids is 1. The standard InChI is InChI=1S/C3H5O5P/c1-2(3(4)5)9(6,7)8/h1H2,(H,4,5)(H2,6,7,8). The molecule has 52 valence electrons. The van der Waals surface area contributed by atoms with Crippen LogP contribution in [0.2, 0.25) is 0 Å². The zero-order valence-electron chi connectivity index (χ0n) is 4.31. The van der Waals surface area contributed by atoms with Crippen LogP contribution in [-0.4, -0.2) is 20.9 Å². The summed E-state index contributed by atoms with van der Waals surface area (Å²) in [4.78, 5) is 25.9. The molecule has 0 fully saturated rings. The first-order chi connectivity index (χ1) is 3.85. The Labute approximate surface area is 50.8 Å². The van der Waals surface area contributed by atoms with Crippen molar-refractivity contribution in [3.05, 3.63) is 11.9 Å². The second kappa shape index (κ2) is 2.31. The monoisotopic (exact) mass is 152 g/mol. The molecule has 0 rings (SSSR count). The van der Waals surface area contributed by atoms with E-state index >= 15 is 0 Å². The highest BCUT2D eigenvalue weighted by atomic mass is 31.2. The molecule has 9 heavy (non-hydrogen) atoms. The number of carboxylic acid groups (broad SMARTS) is 1. The molecule has 5 nitrogen and oxygen atoms in total. The minimum Gasteiger partial charge on any atom is -0.477 e. The van der Waals surface area contributed by atoms with Crippen molar-refractivity contribution in [3.8, 4) is 0 Å². The third-order valence-electron chi connectivity index (χ3n) is 0.598. The number of hydrogen-bond acceptors (Lipinski definition) is 2. The van der Waals surface area contributed by atoms with Crippen LogP contribution in [0.4, 0.5) is 0 Å². The molecule has 0 radical (unpaired) electrons. The van der Waals surface area contributed by atoms with E-state index in [1.807, 2.05) is 0 Å². The number of carbonyl (C=O) groups is 1. The predicted molar refractivity (Wildman–Crippen MR) is 28.8 cm³/mol. The number of carboxylic acids is 1. The Bertz CT molecular complexity index is 188. The lowest BCUT2D eigenvalue weighted by atomic mass is 10.7. The van der Waals surface area contributed by atoms with Gasteiger partial charge in [-0.15, -0.1) is 0 Å². The Morgan fingerprint density at radius 1 is 1.44 bits per heavy atom. The lowest BCUT2D eigenvalue weighted by Gasteiger charge is -1.99. The van der Waals surface area contributed by atoms with Gasteiger partial charge in [0.05, 0.1) is 0 Å². The van der Waals surface area contributed by atoms with Gasteiger partial charge in [-0.25, -0.2) is 4.79 Å². The largest absolute Gasteiger partial charge is 0.477 e. The van der Waals surface area contributed by atoms with Crippen LogP contribution in [0.5, 0.6) is 0 Å². The minimum atomic E-state index is -4.61. The van der Waals surface area contributed by atoms with Gasteiger partial charge in [0.25, 0.3) is 0 Å². The first-order valence-electron chi connectivity index (χ1n) is 1.84. The fraction of sp³-hybridized carbons (Fsp3) is 0. The Hall–Kier alpha value is -0.640. The van der Waals surface area contributed by atoms with Crippen LogP contribution in [0.25, 0.3) is 0 Å². The highest BCUT2D eigenvalue weighted by Crippen LogP contribution is 2.43. The molecule has 0 aromatic rings. The van der Waals surface area contributed by atoms with Crippen molar-refractivity contribution in [2.45, 2.75) is 0 Å². The summed E-state index contributed by atoms with van der Waals surface area (Å²) in [5.74, 6) is -1.68. The molecule has 0 heterocycles. The maximum Gasteiger partial charge on any atom is 0.362 e. The number of hydrogen-bond donors (Lipinski definition) is 3. The van der Waals surface area contributed by atoms with Gasteiger partial charge < -0.3 is 14.9 Å². The summed E-state index contributed by atoms with van der Waals surface area (Å²) in [5.41, 5.74) is 0. The third-order valence-corrected chi connectivity index (χ3v) is 1.49. The van der Waals surface area contributed by atoms with Crippen LogP contribution in [0.3, 0.4) is 0 Å². The van der Waals surface area contributed by atoms with Gasteiger partial charge >= 0.3 is 13.6 Å². The highest BCUT2D eigenvalue weighted by molar-refractivity contribution is 7.57. The SMILES string of the molecule is C=C(C(=O)O)P(=O)(O)O. The average Bonchev–Trinajstić information content (AvgIpc) is 1.62. The molecule has 0 aliphatic rings. The van der Waals surface area contributed by atoms with Crippen molar-refractivity contribution >= 4 is 13.6 Å². The normalized spacial score (nSPS) is 10.9. The molecular formula is C3H5O5P. The second-order valence-electron chi connectivity index (χ2n) is 1.30. The molecule has 6 heteroatoms. The lowest BCUT2D eigenvalue weighted by molar-refractivity contribution is -0.131. The Balaban J connectivity index is 4.43. The fourth-order valence-electron chi connectivity index (χ4n) is 0.125. The molecule has 0 bridgehead atoms. The third kappa shape index (κ3) is 2.41. The van der Waals surface area contributed by atoms with Gasteiger partial charge in [0, 0.05) is 0 Å². The topological polar surface area (TPSA) is 94.8 Å². The summed E-state index contributed by atoms with van der Waals surface area (Å²) >= 11 is 0. The van der Waals surface area contributed by atoms with Crippen LogP contribution in [0, 0.1) is 0 Å². The first kappa shape index (κ1) is 8.36. The van der Waals surface area contributed by atoms with Crippen LogP contribution < -0.4 is 0 Å². The summed E-state index contributed by atoms with van der Waals surface area (Å²) in [5, 5.41) is 6.84. The van der Waals surface area contributed by atoms with E-state index in [1.54, 1.807) is 0 Å². The molecule has 0 unspecified atom stereocenters. The van der Waals surface area contributed by atoms with E-state index in [-0.39, 0.29) is 0 Å². The predicted octanol–water partition coefficient (Wildman–Crippen LogP) is -0.238. The van der Waals surface area contributed by atoms with Crippen molar-refractivity contribution in [3.63, 3.8) is 0 Å². The van der Waals surface area contributed by atoms with Gasteiger partial charge in [0.1, 0.15) is 5.31 Å². The molecule has 0 aliphatic carbocycles. The van der Waals surface area contributed by atoms with Gasteiger partial charge in [0.15, 0.2) is 0 Å². The molecule has 0 aromatic carbocycles. The molecule has 0 aromatic heterocycles. The van der Waals surface area contributed by atoms with Crippen LogP contribution in [0.1, 0.15) is 0 Å². The van der Waals surface area contributed by atoms with E-state index in [0.29, 0.717) is 0 Å². The van der Waals surface area contributed by atoms with Crippen molar-refractivity contribution in [2.24, 2.45) is 0 Å². The van der Waals surface area contributed by atoms with Gasteiger partial charge in [-0.1, -0.05) is 6.58 Å². The van der Waals surface area contributed by atoms with Gasteiger partial charge in [-0.05, 0) is 0 Å². The molecular weight excluding hydrogens is 147 g/mol. The van der Waals surface area contributed by atoms with Crippen molar-refractivity contribution in [1.29, 1.82) is 0 Å². The maximum absolute atomic E-state index is 9.99. The summed E-state index contributed by atoms with van der Waals surface area (Å²) in [6, 6.07) is 0. The summed E-state index contributed by atoms with van der Waals surface area (Å²) < 4.78 is 9.99. The Morgan fingerprint density at radius 3 is 1.78 bits per heavy atom. The maximum atomic E-state index is 9.99. The van der Waals surface area contributed by atoms with Gasteiger partial charge in [0.2, 0.25) is 0 Å². The molecule has 3 N–H and O–H groups in total. The van der Waals surface area contributed by atoms with Crippen molar-refractivity contribution < 1.29 is 24.3 Å². The lowest BCUT2D eigenvalue weighted by Crippen LogP contribution is -1.98. The average molecular weight is 152 g/mol. The van der Waals surface area contributed by atoms with Crippen LogP contribution in [0.15, 0.2) is 11.9 Å². The molecule has 0 saturated carbocycles. The van der Waals surface area contributed by atoms with Crippen molar-refractivity contribution in [2.75, 3.05) is 0 Å². The summed E-state index contributed by atoms with van der Waals surface area (Å²) in [7, 11) is -4.61. The zero-order valence-corrected chi connectivity index (χ0v) is 5.21. The van der Waals surface area contributed by atoms with E-state index in [0.717, 1.165) is 0 Å². The van der Waals surface area contributed by atoms with Crippen LogP contribution >= 0.6 is 7.60 Å². The summed E-state index contributed by atoms with van der Waals surface area (Å²) in [6.07, 6.45) is 0. The number of rotatable bonds is 2. The molecule has 0 spiro atoms. The van der Waals surface area contributed by atoms with Crippen LogP contribution in [-0.2, 0) is 9.36 Å². The summed E-state index contributed by atoms with van der Waals surface area (Å²) in [6.45, 7) is 2.66. The smallest absolute Gasteiger partial charge is 0.362 e. The molecule has 0 atom stereocenters. The quantitative estimate of drug-likeness (QED) is 0.375. The van der Waals surface area contributed by atoms with Crippen molar-refractivity contribution in [1.82, 2.24) is 0 Å². The van der Waals surface area contributed by atoms with E-state index in [9.17, 15) is 9.36 Å². The fourth-order valence-corrected chi connectivity index (χ4v) is 0.374. The van der Waals surface area contributed by atoms with E-state index in [4.69, 9.17) is 14.9 Å². The first-order valence-corrected chi connectivity index (χ1v) is 3.45. The zero-order chi connectivity index (χ0) is 7.65.